The molecule has 0 saturated heterocycles. The lowest BCUT2D eigenvalue weighted by Crippen LogP contribution is -2.14. The van der Waals surface area contributed by atoms with Crippen LogP contribution in [0.15, 0.2) is 54.7 Å². The van der Waals surface area contributed by atoms with Crippen molar-refractivity contribution in [3.63, 3.8) is 0 Å². The largest absolute Gasteiger partial charge is 0.497 e. The summed E-state index contributed by atoms with van der Waals surface area (Å²) >= 11 is 0. The lowest BCUT2D eigenvalue weighted by atomic mass is 10.2. The van der Waals surface area contributed by atoms with Crippen molar-refractivity contribution >= 4 is 23.1 Å². The topological polar surface area (TPSA) is 68.3 Å². The summed E-state index contributed by atoms with van der Waals surface area (Å²) in [5.41, 5.74) is 0.000495. The van der Waals surface area contributed by atoms with Gasteiger partial charge in [0.2, 0.25) is 5.95 Å². The number of para-hydroxylation sites is 2. The summed E-state index contributed by atoms with van der Waals surface area (Å²) in [5.74, 6) is 0.729. The molecule has 0 bridgehead atoms. The minimum absolute atomic E-state index is 0.0148. The third kappa shape index (κ3) is 5.78. The number of halogens is 3. The molecule has 0 radical (unpaired) electrons. The average molecular weight is 432 g/mol. The number of methoxy groups -OCH3 is 1. The lowest BCUT2D eigenvalue weighted by molar-refractivity contribution is -0.137. The van der Waals surface area contributed by atoms with E-state index in [1.807, 2.05) is 13.8 Å². The molecule has 3 rings (SSSR count). The summed E-state index contributed by atoms with van der Waals surface area (Å²) < 4.78 is 51.6. The van der Waals surface area contributed by atoms with Gasteiger partial charge in [0.25, 0.3) is 0 Å². The molecular weight excluding hydrogens is 409 g/mol. The van der Waals surface area contributed by atoms with Gasteiger partial charge in [0.1, 0.15) is 22.9 Å². The van der Waals surface area contributed by atoms with Crippen molar-refractivity contribution in [1.82, 2.24) is 9.97 Å². The van der Waals surface area contributed by atoms with Crippen LogP contribution >= 0.6 is 0 Å². The number of alkyl halides is 3. The number of nitrogens with one attached hydrogen (secondary N) is 2. The molecule has 0 aliphatic carbocycles. The Labute approximate surface area is 178 Å². The summed E-state index contributed by atoms with van der Waals surface area (Å²) in [6.45, 7) is 3.85. The van der Waals surface area contributed by atoms with E-state index >= 15 is 0 Å². The minimum atomic E-state index is -4.63. The van der Waals surface area contributed by atoms with Crippen LogP contribution in [-0.2, 0) is 6.18 Å². The van der Waals surface area contributed by atoms with Crippen molar-refractivity contribution in [1.29, 1.82) is 0 Å². The van der Waals surface area contributed by atoms with Crippen LogP contribution in [0.4, 0.5) is 36.3 Å². The molecule has 6 nitrogen and oxygen atoms in total. The SMILES string of the molecule is CCC(C)Oc1ccccc1Nc1nc(Nc2ccc(OC)cc2)ncc1C(F)(F)F. The predicted octanol–water partition coefficient (Wildman–Crippen LogP) is 6.17. The molecular formula is C22H23F3N4O2. The van der Waals surface area contributed by atoms with Crippen molar-refractivity contribution in [2.75, 3.05) is 17.7 Å². The van der Waals surface area contributed by atoms with Gasteiger partial charge in [0.05, 0.1) is 18.9 Å². The Morgan fingerprint density at radius 2 is 1.74 bits per heavy atom. The van der Waals surface area contributed by atoms with Crippen molar-refractivity contribution < 1.29 is 22.6 Å². The number of benzene rings is 2. The van der Waals surface area contributed by atoms with Crippen molar-refractivity contribution in [3.05, 3.63) is 60.3 Å². The summed E-state index contributed by atoms with van der Waals surface area (Å²) in [5, 5.41) is 5.67. The van der Waals surface area contributed by atoms with Crippen LogP contribution < -0.4 is 20.1 Å². The van der Waals surface area contributed by atoms with E-state index in [4.69, 9.17) is 9.47 Å². The second kappa shape index (κ2) is 9.55. The third-order valence-electron chi connectivity index (χ3n) is 4.48. The van der Waals surface area contributed by atoms with E-state index in [0.717, 1.165) is 12.6 Å². The Balaban J connectivity index is 1.93. The van der Waals surface area contributed by atoms with Gasteiger partial charge >= 0.3 is 6.18 Å². The molecule has 9 heteroatoms. The molecule has 1 aromatic heterocycles. The first-order valence-corrected chi connectivity index (χ1v) is 9.68. The molecule has 1 heterocycles. The summed E-state index contributed by atoms with van der Waals surface area (Å²) in [4.78, 5) is 7.90. The fraction of sp³-hybridized carbons (Fsp3) is 0.273. The molecule has 1 atom stereocenters. The Kier molecular flexibility index (Phi) is 6.84. The maximum atomic E-state index is 13.6. The van der Waals surface area contributed by atoms with Gasteiger partial charge in [0.15, 0.2) is 0 Å². The van der Waals surface area contributed by atoms with Crippen LogP contribution in [0.25, 0.3) is 0 Å². The zero-order valence-corrected chi connectivity index (χ0v) is 17.3. The highest BCUT2D eigenvalue weighted by Gasteiger charge is 2.35. The fourth-order valence-electron chi connectivity index (χ4n) is 2.65. The van der Waals surface area contributed by atoms with Gasteiger partial charge < -0.3 is 20.1 Å². The van der Waals surface area contributed by atoms with Gasteiger partial charge in [-0.15, -0.1) is 0 Å². The van der Waals surface area contributed by atoms with Crippen molar-refractivity contribution in [2.45, 2.75) is 32.5 Å². The second-order valence-corrected chi connectivity index (χ2v) is 6.77. The fourth-order valence-corrected chi connectivity index (χ4v) is 2.65. The van der Waals surface area contributed by atoms with Gasteiger partial charge in [0, 0.05) is 11.9 Å². The maximum absolute atomic E-state index is 13.6. The second-order valence-electron chi connectivity index (χ2n) is 6.77. The van der Waals surface area contributed by atoms with Crippen LogP contribution in [0, 0.1) is 0 Å². The number of ether oxygens (including phenoxy) is 2. The molecule has 0 fully saturated rings. The quantitative estimate of drug-likeness (QED) is 0.444. The van der Waals surface area contributed by atoms with Gasteiger partial charge in [-0.1, -0.05) is 19.1 Å². The van der Waals surface area contributed by atoms with Crippen LogP contribution in [0.1, 0.15) is 25.8 Å². The standard InChI is InChI=1S/C22H23F3N4O2/c1-4-14(2)31-19-8-6-5-7-18(19)28-20-17(22(23,24)25)13-26-21(29-20)27-15-9-11-16(30-3)12-10-15/h5-14H,4H2,1-3H3,(H2,26,27,28,29). The van der Waals surface area contributed by atoms with Crippen molar-refractivity contribution in [3.8, 4) is 11.5 Å². The smallest absolute Gasteiger partial charge is 0.421 e. The molecule has 0 amide bonds. The molecule has 0 aliphatic heterocycles. The van der Waals surface area contributed by atoms with Gasteiger partial charge in [-0.2, -0.15) is 18.2 Å². The van der Waals surface area contributed by atoms with E-state index in [-0.39, 0.29) is 17.9 Å². The molecule has 0 aliphatic rings. The highest BCUT2D eigenvalue weighted by atomic mass is 19.4. The summed E-state index contributed by atoms with van der Waals surface area (Å²) in [6.07, 6.45) is -3.22. The zero-order chi connectivity index (χ0) is 22.4. The molecule has 0 spiro atoms. The molecule has 2 N–H and O–H groups in total. The normalized spacial score (nSPS) is 12.2. The molecule has 3 aromatic rings. The number of nitrogens with zero attached hydrogens (tertiary/aromatic N) is 2. The number of hydrogen-bond donors (Lipinski definition) is 2. The molecule has 164 valence electrons. The highest BCUT2D eigenvalue weighted by molar-refractivity contribution is 5.67. The van der Waals surface area contributed by atoms with E-state index < -0.39 is 11.7 Å². The monoisotopic (exact) mass is 432 g/mol. The number of rotatable bonds is 8. The Morgan fingerprint density at radius 1 is 1.03 bits per heavy atom. The molecule has 1 unspecified atom stereocenters. The first-order chi connectivity index (χ1) is 14.8. The average Bonchev–Trinajstić information content (AvgIpc) is 2.75. The zero-order valence-electron chi connectivity index (χ0n) is 17.3. The number of hydrogen-bond acceptors (Lipinski definition) is 6. The van der Waals surface area contributed by atoms with E-state index in [1.165, 1.54) is 0 Å². The van der Waals surface area contributed by atoms with Crippen LogP contribution in [0.3, 0.4) is 0 Å². The van der Waals surface area contributed by atoms with E-state index in [0.29, 0.717) is 22.9 Å². The Morgan fingerprint density at radius 3 is 2.39 bits per heavy atom. The first-order valence-electron chi connectivity index (χ1n) is 9.68. The van der Waals surface area contributed by atoms with Gasteiger partial charge in [-0.05, 0) is 49.7 Å². The van der Waals surface area contributed by atoms with E-state index in [2.05, 4.69) is 20.6 Å². The molecule has 0 saturated carbocycles. The van der Waals surface area contributed by atoms with Gasteiger partial charge in [-0.3, -0.25) is 0 Å². The predicted molar refractivity (Wildman–Crippen MR) is 113 cm³/mol. The van der Waals surface area contributed by atoms with Gasteiger partial charge in [-0.25, -0.2) is 4.98 Å². The summed E-state index contributed by atoms with van der Waals surface area (Å²) in [7, 11) is 1.54. The Bertz CT molecular complexity index is 1010. The molecule has 2 aromatic carbocycles. The first kappa shape index (κ1) is 22.2. The van der Waals surface area contributed by atoms with Crippen molar-refractivity contribution in [2.24, 2.45) is 0 Å². The lowest BCUT2D eigenvalue weighted by Gasteiger charge is -2.19. The minimum Gasteiger partial charge on any atom is -0.497 e. The van der Waals surface area contributed by atoms with Crippen LogP contribution in [-0.4, -0.2) is 23.2 Å². The third-order valence-corrected chi connectivity index (χ3v) is 4.48. The van der Waals surface area contributed by atoms with E-state index in [1.54, 1.807) is 55.6 Å². The maximum Gasteiger partial charge on any atom is 0.421 e. The van der Waals surface area contributed by atoms with Crippen LogP contribution in [0.2, 0.25) is 0 Å². The van der Waals surface area contributed by atoms with Crippen LogP contribution in [0.5, 0.6) is 11.5 Å². The molecule has 31 heavy (non-hydrogen) atoms. The number of anilines is 4. The number of aromatic nitrogens is 2. The Hall–Kier alpha value is -3.49. The summed E-state index contributed by atoms with van der Waals surface area (Å²) in [6, 6.07) is 13.6. The van der Waals surface area contributed by atoms with E-state index in [9.17, 15) is 13.2 Å². The highest BCUT2D eigenvalue weighted by Crippen LogP contribution is 2.37.